The molecule has 0 radical (unpaired) electrons. The van der Waals surface area contributed by atoms with Gasteiger partial charge >= 0.3 is 0 Å². The zero-order valence-corrected chi connectivity index (χ0v) is 9.07. The van der Waals surface area contributed by atoms with E-state index in [0.717, 1.165) is 5.82 Å². The van der Waals surface area contributed by atoms with E-state index in [9.17, 15) is 0 Å². The smallest absolute Gasteiger partial charge is 0.148 e. The normalized spacial score (nSPS) is 15.6. The fourth-order valence-corrected chi connectivity index (χ4v) is 0.880. The van der Waals surface area contributed by atoms with Crippen LogP contribution in [0.25, 0.3) is 0 Å². The van der Waals surface area contributed by atoms with Crippen LogP contribution in [0.15, 0.2) is 11.3 Å². The van der Waals surface area contributed by atoms with Crippen LogP contribution >= 0.6 is 0 Å². The zero-order valence-electron chi connectivity index (χ0n) is 9.07. The summed E-state index contributed by atoms with van der Waals surface area (Å²) in [7, 11) is 0. The standard InChI is InChI=1S/C9H17N5/c1-6(7-11-5-12-14-7)13-8(10)9(2,3)4/h5-6H,1-4H3,(H2,10,13)(H,11,12,14). The summed E-state index contributed by atoms with van der Waals surface area (Å²) in [5, 5.41) is 6.54. The Bertz CT molecular complexity index is 306. The van der Waals surface area contributed by atoms with E-state index in [2.05, 4.69) is 20.2 Å². The summed E-state index contributed by atoms with van der Waals surface area (Å²) >= 11 is 0. The molecule has 0 saturated carbocycles. The highest BCUT2D eigenvalue weighted by molar-refractivity contribution is 5.85. The van der Waals surface area contributed by atoms with Crippen molar-refractivity contribution in [3.8, 4) is 0 Å². The van der Waals surface area contributed by atoms with Crippen LogP contribution in [0, 0.1) is 5.41 Å². The largest absolute Gasteiger partial charge is 0.387 e. The summed E-state index contributed by atoms with van der Waals surface area (Å²) < 4.78 is 0. The highest BCUT2D eigenvalue weighted by Crippen LogP contribution is 2.17. The fourth-order valence-electron chi connectivity index (χ4n) is 0.880. The summed E-state index contributed by atoms with van der Waals surface area (Å²) in [6, 6.07) is -0.0725. The molecule has 0 spiro atoms. The minimum absolute atomic E-state index is 0.0725. The Hall–Kier alpha value is -1.39. The van der Waals surface area contributed by atoms with E-state index in [0.29, 0.717) is 5.84 Å². The molecule has 0 bridgehead atoms. The van der Waals surface area contributed by atoms with Gasteiger partial charge < -0.3 is 5.73 Å². The Morgan fingerprint density at radius 3 is 2.64 bits per heavy atom. The molecule has 1 aromatic rings. The SMILES string of the molecule is CC(N=C(N)C(C)(C)C)c1ncn[nH]1. The average molecular weight is 195 g/mol. The lowest BCUT2D eigenvalue weighted by molar-refractivity contribution is 0.573. The molecular formula is C9H17N5. The van der Waals surface area contributed by atoms with Crippen molar-refractivity contribution in [2.45, 2.75) is 33.7 Å². The highest BCUT2D eigenvalue weighted by atomic mass is 15.2. The second kappa shape index (κ2) is 3.77. The molecule has 1 unspecified atom stereocenters. The van der Waals surface area contributed by atoms with Gasteiger partial charge in [0.15, 0.2) is 0 Å². The number of nitrogens with one attached hydrogen (secondary N) is 1. The molecule has 78 valence electrons. The summed E-state index contributed by atoms with van der Waals surface area (Å²) in [4.78, 5) is 8.37. The number of amidine groups is 1. The Morgan fingerprint density at radius 1 is 1.57 bits per heavy atom. The lowest BCUT2D eigenvalue weighted by atomic mass is 9.95. The maximum atomic E-state index is 5.85. The highest BCUT2D eigenvalue weighted by Gasteiger charge is 2.17. The number of aromatic nitrogens is 3. The van der Waals surface area contributed by atoms with Gasteiger partial charge in [0.2, 0.25) is 0 Å². The van der Waals surface area contributed by atoms with Crippen LogP contribution in [0.4, 0.5) is 0 Å². The molecule has 0 aromatic carbocycles. The maximum Gasteiger partial charge on any atom is 0.148 e. The summed E-state index contributed by atoms with van der Waals surface area (Å²) in [5.74, 6) is 1.36. The third-order valence-corrected chi connectivity index (χ3v) is 1.93. The Balaban J connectivity index is 2.78. The molecule has 1 atom stereocenters. The topological polar surface area (TPSA) is 79.9 Å². The summed E-state index contributed by atoms with van der Waals surface area (Å²) in [5.41, 5.74) is 5.74. The molecule has 0 aliphatic rings. The number of rotatable bonds is 2. The van der Waals surface area contributed by atoms with Crippen molar-refractivity contribution in [3.05, 3.63) is 12.2 Å². The number of hydrogen-bond donors (Lipinski definition) is 2. The monoisotopic (exact) mass is 195 g/mol. The van der Waals surface area contributed by atoms with Gasteiger partial charge in [-0.05, 0) is 6.92 Å². The number of nitrogens with two attached hydrogens (primary N) is 1. The fraction of sp³-hybridized carbons (Fsp3) is 0.667. The first-order valence-electron chi connectivity index (χ1n) is 4.60. The van der Waals surface area contributed by atoms with Gasteiger partial charge in [-0.1, -0.05) is 20.8 Å². The van der Waals surface area contributed by atoms with Crippen LogP contribution in [0.3, 0.4) is 0 Å². The minimum atomic E-state index is -0.103. The second-order valence-corrected chi connectivity index (χ2v) is 4.31. The molecule has 0 aliphatic carbocycles. The number of aliphatic imine (C=N–C) groups is 1. The molecule has 0 aliphatic heterocycles. The molecule has 0 fully saturated rings. The van der Waals surface area contributed by atoms with Crippen molar-refractivity contribution in [1.82, 2.24) is 15.2 Å². The average Bonchev–Trinajstić information content (AvgIpc) is 2.53. The lowest BCUT2D eigenvalue weighted by Crippen LogP contribution is -2.29. The molecule has 14 heavy (non-hydrogen) atoms. The lowest BCUT2D eigenvalue weighted by Gasteiger charge is -2.18. The van der Waals surface area contributed by atoms with Crippen molar-refractivity contribution in [2.24, 2.45) is 16.1 Å². The summed E-state index contributed by atoms with van der Waals surface area (Å²) in [6.45, 7) is 8.01. The number of H-pyrrole nitrogens is 1. The molecule has 1 rings (SSSR count). The first-order chi connectivity index (χ1) is 6.41. The third-order valence-electron chi connectivity index (χ3n) is 1.93. The number of nitrogens with zero attached hydrogens (tertiary/aromatic N) is 3. The molecular weight excluding hydrogens is 178 g/mol. The van der Waals surface area contributed by atoms with Gasteiger partial charge in [0, 0.05) is 5.41 Å². The number of aromatic amines is 1. The van der Waals surface area contributed by atoms with Crippen molar-refractivity contribution < 1.29 is 0 Å². The molecule has 5 nitrogen and oxygen atoms in total. The van der Waals surface area contributed by atoms with Gasteiger partial charge in [0.1, 0.15) is 18.2 Å². The quantitative estimate of drug-likeness (QED) is 0.551. The van der Waals surface area contributed by atoms with Crippen LogP contribution in [-0.2, 0) is 0 Å². The number of hydrogen-bond acceptors (Lipinski definition) is 3. The molecule has 0 amide bonds. The Kier molecular flexibility index (Phi) is 2.88. The van der Waals surface area contributed by atoms with Crippen LogP contribution in [-0.4, -0.2) is 21.0 Å². The van der Waals surface area contributed by atoms with Gasteiger partial charge in [-0.2, -0.15) is 5.10 Å². The first kappa shape index (κ1) is 10.7. The van der Waals surface area contributed by atoms with Crippen molar-refractivity contribution in [2.75, 3.05) is 0 Å². The maximum absolute atomic E-state index is 5.85. The molecule has 5 heteroatoms. The van der Waals surface area contributed by atoms with Crippen molar-refractivity contribution >= 4 is 5.84 Å². The van der Waals surface area contributed by atoms with E-state index in [1.54, 1.807) is 0 Å². The Morgan fingerprint density at radius 2 is 2.21 bits per heavy atom. The van der Waals surface area contributed by atoms with E-state index in [1.807, 2.05) is 27.7 Å². The van der Waals surface area contributed by atoms with E-state index >= 15 is 0 Å². The van der Waals surface area contributed by atoms with Crippen LogP contribution in [0.1, 0.15) is 39.6 Å². The second-order valence-electron chi connectivity index (χ2n) is 4.31. The first-order valence-corrected chi connectivity index (χ1v) is 4.60. The van der Waals surface area contributed by atoms with Gasteiger partial charge in [-0.15, -0.1) is 0 Å². The van der Waals surface area contributed by atoms with E-state index in [4.69, 9.17) is 5.73 Å². The molecule has 1 aromatic heterocycles. The predicted molar refractivity (Wildman–Crippen MR) is 55.9 cm³/mol. The predicted octanol–water partition coefficient (Wildman–Crippen LogP) is 1.27. The third kappa shape index (κ3) is 2.55. The van der Waals surface area contributed by atoms with Crippen molar-refractivity contribution in [1.29, 1.82) is 0 Å². The summed E-state index contributed by atoms with van der Waals surface area (Å²) in [6.07, 6.45) is 1.47. The molecule has 1 heterocycles. The van der Waals surface area contributed by atoms with Gasteiger partial charge in [-0.3, -0.25) is 10.1 Å². The zero-order chi connectivity index (χ0) is 10.8. The molecule has 0 saturated heterocycles. The molecule has 3 N–H and O–H groups in total. The van der Waals surface area contributed by atoms with E-state index < -0.39 is 0 Å². The van der Waals surface area contributed by atoms with Gasteiger partial charge in [0.25, 0.3) is 0 Å². The van der Waals surface area contributed by atoms with E-state index in [-0.39, 0.29) is 11.5 Å². The van der Waals surface area contributed by atoms with Crippen LogP contribution < -0.4 is 5.73 Å². The van der Waals surface area contributed by atoms with Crippen LogP contribution in [0.5, 0.6) is 0 Å². The van der Waals surface area contributed by atoms with Crippen LogP contribution in [0.2, 0.25) is 0 Å². The minimum Gasteiger partial charge on any atom is -0.387 e. The van der Waals surface area contributed by atoms with Gasteiger partial charge in [-0.25, -0.2) is 4.98 Å². The van der Waals surface area contributed by atoms with Gasteiger partial charge in [0.05, 0.1) is 5.84 Å². The Labute approximate surface area is 83.8 Å². The van der Waals surface area contributed by atoms with Crippen molar-refractivity contribution in [3.63, 3.8) is 0 Å². The van der Waals surface area contributed by atoms with E-state index in [1.165, 1.54) is 6.33 Å².